The molecule has 0 aromatic carbocycles. The zero-order valence-corrected chi connectivity index (χ0v) is 61.9. The molecule has 2 atom stereocenters. The summed E-state index contributed by atoms with van der Waals surface area (Å²) in [6, 6.07) is 0. The van der Waals surface area contributed by atoms with Crippen LogP contribution in [-0.2, 0) is 32.7 Å². The van der Waals surface area contributed by atoms with E-state index in [0.29, 0.717) is 23.9 Å². The van der Waals surface area contributed by atoms with E-state index >= 15 is 0 Å². The summed E-state index contributed by atoms with van der Waals surface area (Å²) in [5, 5.41) is 0. The molecule has 9 nitrogen and oxygen atoms in total. The Balaban J connectivity index is 4.19. The molecule has 0 amide bonds. The van der Waals surface area contributed by atoms with Crippen LogP contribution in [-0.4, -0.2) is 70.0 Å². The Morgan fingerprint density at radius 2 is 0.562 bits per heavy atom. The Bertz CT molecular complexity index is 2480. The Morgan fingerprint density at radius 1 is 0.323 bits per heavy atom. The summed E-state index contributed by atoms with van der Waals surface area (Å²) in [4.78, 5) is 38.1. The summed E-state index contributed by atoms with van der Waals surface area (Å²) in [5.41, 5.74) is 0. The van der Waals surface area contributed by atoms with Crippen LogP contribution >= 0.6 is 7.82 Å². The molecule has 0 fully saturated rings. The van der Waals surface area contributed by atoms with E-state index in [1.54, 1.807) is 0 Å². The average Bonchev–Trinajstić information content (AvgIpc) is 2.54. The van der Waals surface area contributed by atoms with Gasteiger partial charge in [-0.2, -0.15) is 0 Å². The van der Waals surface area contributed by atoms with Gasteiger partial charge in [-0.15, -0.1) is 0 Å². The maximum atomic E-state index is 12.9. The number of likely N-dealkylation sites (N-methyl/N-ethyl adjacent to an activating group) is 1. The third-order valence-electron chi connectivity index (χ3n) is 14.7. The quantitative estimate of drug-likeness (QED) is 0.0195. The minimum atomic E-state index is -4.67. The van der Waals surface area contributed by atoms with Crippen LogP contribution in [0.1, 0.15) is 245 Å². The molecule has 0 heterocycles. The molecule has 0 spiro atoms. The molecule has 0 saturated heterocycles. The lowest BCUT2D eigenvalue weighted by Gasteiger charge is -2.28. The van der Waals surface area contributed by atoms with E-state index in [-0.39, 0.29) is 26.1 Å². The van der Waals surface area contributed by atoms with Crippen molar-refractivity contribution in [3.63, 3.8) is 0 Å². The van der Waals surface area contributed by atoms with Gasteiger partial charge in [-0.25, -0.2) is 0 Å². The Kier molecular flexibility index (Phi) is 68.8. The van der Waals surface area contributed by atoms with E-state index < -0.39 is 32.5 Å². The van der Waals surface area contributed by atoms with E-state index in [0.717, 1.165) is 167 Å². The molecule has 0 aliphatic rings. The third-order valence-corrected chi connectivity index (χ3v) is 15.6. The molecule has 0 aromatic heterocycles. The van der Waals surface area contributed by atoms with Gasteiger partial charge in [0.15, 0.2) is 6.10 Å². The molecular weight excluding hydrogens is 1210 g/mol. The number of hydrogen-bond donors (Lipinski definition) is 0. The minimum Gasteiger partial charge on any atom is -0.756 e. The Morgan fingerprint density at radius 3 is 0.844 bits per heavy atom. The number of allylic oxidation sites excluding steroid dienone is 38. The maximum absolute atomic E-state index is 12.9. The Hall–Kier alpha value is -5.93. The van der Waals surface area contributed by atoms with Crippen LogP contribution in [0.4, 0.5) is 0 Å². The van der Waals surface area contributed by atoms with Crippen LogP contribution < -0.4 is 4.89 Å². The van der Waals surface area contributed by atoms with Crippen molar-refractivity contribution in [2.75, 3.05) is 47.5 Å². The summed E-state index contributed by atoms with van der Waals surface area (Å²) in [6.07, 6.45) is 118. The number of nitrogens with zero attached hydrogens (tertiary/aromatic N) is 1. The number of phosphoric ester groups is 1. The number of unbranched alkanes of at least 4 members (excludes halogenated alkanes) is 13. The predicted octanol–water partition coefficient (Wildman–Crippen LogP) is 24.3. The van der Waals surface area contributed by atoms with Gasteiger partial charge < -0.3 is 27.9 Å². The molecule has 0 saturated carbocycles. The highest BCUT2D eigenvalue weighted by atomic mass is 31.2. The lowest BCUT2D eigenvalue weighted by Crippen LogP contribution is -2.37. The number of carbonyl (C=O) groups is 2. The van der Waals surface area contributed by atoms with E-state index in [2.05, 4.69) is 245 Å². The topological polar surface area (TPSA) is 111 Å². The van der Waals surface area contributed by atoms with Gasteiger partial charge in [0.1, 0.15) is 19.8 Å². The molecule has 0 aliphatic heterocycles. The molecule has 10 heteroatoms. The molecule has 0 rings (SSSR count). The minimum absolute atomic E-state index is 0.0502. The summed E-state index contributed by atoms with van der Waals surface area (Å²) in [6.45, 7) is 3.94. The van der Waals surface area contributed by atoms with E-state index in [9.17, 15) is 19.0 Å². The summed E-state index contributed by atoms with van der Waals surface area (Å²) in [7, 11) is 1.11. The first kappa shape index (κ1) is 90.1. The lowest BCUT2D eigenvalue weighted by molar-refractivity contribution is -0.870. The predicted molar refractivity (Wildman–Crippen MR) is 414 cm³/mol. The number of esters is 2. The SMILES string of the molecule is CC/C=C\C/C=C\C/C=C\C/C=C\C/C=C\C/C=C\C/C=C\C/C=C\C/C=C\C/C=C\CCCCCCCCCCCCC(=O)OC(COC(=O)CCCCC/C=C\C/C=C\C/C=C\C/C=C\C/C=C\C/C=C\C/C=C\C/C=C\C/C=C\CC)COP(=O)([O-])OCC[N+](C)(C)C. The molecule has 0 radical (unpaired) electrons. The van der Waals surface area contributed by atoms with E-state index in [1.165, 1.54) is 38.5 Å². The highest BCUT2D eigenvalue weighted by Crippen LogP contribution is 2.38. The van der Waals surface area contributed by atoms with Gasteiger partial charge in [-0.1, -0.05) is 303 Å². The maximum Gasteiger partial charge on any atom is 0.306 e. The van der Waals surface area contributed by atoms with Crippen molar-refractivity contribution in [2.45, 2.75) is 251 Å². The summed E-state index contributed by atoms with van der Waals surface area (Å²) >= 11 is 0. The number of phosphoric acid groups is 1. The average molecular weight is 1340 g/mol. The van der Waals surface area contributed by atoms with Gasteiger partial charge in [0.2, 0.25) is 0 Å². The molecule has 0 aromatic rings. The standard InChI is InChI=1S/C86H134NO8P/c1-6-8-10-12-14-16-18-20-22-24-26-28-30-32-34-36-38-39-40-41-42-43-44-45-46-47-49-51-53-55-57-59-61-63-65-67-69-71-73-75-77-79-86(89)95-84(83-94-96(90,91)93-81-80-87(3,4)5)82-92-85(88)78-76-74-72-70-68-66-64-62-60-58-56-54-52-50-48-37-35-33-31-29-27-25-23-21-19-17-15-13-11-9-7-2/h8-11,14-17,20-23,26-29,32-35,38-39,41-42,44-45,47-50,53-56,60,62,66,68,84H,6-7,12-13,18-19,24-25,30-31,36-37,40,43,46,51-52,57-59,61,63-65,67,69-83H2,1-5H3/b10-8-,11-9-,16-14-,17-15-,22-20-,23-21-,28-26-,29-27-,34-32-,35-33-,39-38-,42-41-,45-44-,49-47-,50-48-,55-53-,56-54-,62-60-,68-66-. The largest absolute Gasteiger partial charge is 0.756 e. The van der Waals surface area contributed by atoms with Crippen LogP contribution in [0.2, 0.25) is 0 Å². The Labute approximate surface area is 588 Å². The van der Waals surface area contributed by atoms with Gasteiger partial charge in [0.05, 0.1) is 27.7 Å². The van der Waals surface area contributed by atoms with Gasteiger partial charge in [0.25, 0.3) is 7.82 Å². The van der Waals surface area contributed by atoms with E-state index in [1.807, 2.05) is 21.1 Å². The fourth-order valence-electron chi connectivity index (χ4n) is 9.09. The normalized spacial score (nSPS) is 14.4. The number of hydrogen-bond acceptors (Lipinski definition) is 8. The van der Waals surface area contributed by atoms with Crippen LogP contribution in [0, 0.1) is 0 Å². The van der Waals surface area contributed by atoms with Crippen molar-refractivity contribution >= 4 is 19.8 Å². The summed E-state index contributed by atoms with van der Waals surface area (Å²) in [5.74, 6) is -0.894. The van der Waals surface area contributed by atoms with Gasteiger partial charge in [0, 0.05) is 12.8 Å². The molecular formula is C86H134NO8P. The van der Waals surface area contributed by atoms with Gasteiger partial charge in [-0.3, -0.25) is 14.2 Å². The van der Waals surface area contributed by atoms with Crippen molar-refractivity contribution in [3.8, 4) is 0 Å². The molecule has 0 aliphatic carbocycles. The molecule has 0 N–H and O–H groups in total. The molecule has 536 valence electrons. The highest BCUT2D eigenvalue weighted by Gasteiger charge is 2.22. The second kappa shape index (κ2) is 73.3. The zero-order valence-electron chi connectivity index (χ0n) is 61.0. The van der Waals surface area contributed by atoms with Crippen molar-refractivity contribution in [1.82, 2.24) is 0 Å². The first-order valence-corrected chi connectivity index (χ1v) is 38.6. The van der Waals surface area contributed by atoms with Crippen LogP contribution in [0.15, 0.2) is 231 Å². The lowest BCUT2D eigenvalue weighted by atomic mass is 10.0. The van der Waals surface area contributed by atoms with Crippen LogP contribution in [0.25, 0.3) is 0 Å². The molecule has 96 heavy (non-hydrogen) atoms. The van der Waals surface area contributed by atoms with Crippen LogP contribution in [0.3, 0.4) is 0 Å². The second-order valence-electron chi connectivity index (χ2n) is 24.8. The van der Waals surface area contributed by atoms with Crippen molar-refractivity contribution in [1.29, 1.82) is 0 Å². The summed E-state index contributed by atoms with van der Waals surface area (Å²) < 4.78 is 34.3. The molecule has 0 bridgehead atoms. The van der Waals surface area contributed by atoms with Crippen molar-refractivity contribution < 1.29 is 42.1 Å². The van der Waals surface area contributed by atoms with Gasteiger partial charge in [-0.05, 0) is 161 Å². The highest BCUT2D eigenvalue weighted by molar-refractivity contribution is 7.45. The van der Waals surface area contributed by atoms with E-state index in [4.69, 9.17) is 18.5 Å². The van der Waals surface area contributed by atoms with Crippen LogP contribution in [0.5, 0.6) is 0 Å². The smallest absolute Gasteiger partial charge is 0.306 e. The molecule has 2 unspecified atom stereocenters. The fraction of sp³-hybridized carbons (Fsp3) is 0.535. The van der Waals surface area contributed by atoms with Crippen molar-refractivity contribution in [2.24, 2.45) is 0 Å². The number of ether oxygens (including phenoxy) is 2. The first-order chi connectivity index (χ1) is 47.0. The van der Waals surface area contributed by atoms with Gasteiger partial charge >= 0.3 is 11.9 Å². The number of rotatable bonds is 65. The monoisotopic (exact) mass is 1340 g/mol. The first-order valence-electron chi connectivity index (χ1n) is 37.1. The third kappa shape index (κ3) is 77.1. The number of carbonyl (C=O) groups excluding carboxylic acids is 2. The number of quaternary nitrogens is 1. The second-order valence-corrected chi connectivity index (χ2v) is 26.2. The zero-order chi connectivity index (χ0) is 69.7. The fourth-order valence-corrected chi connectivity index (χ4v) is 9.82. The van der Waals surface area contributed by atoms with Crippen molar-refractivity contribution in [3.05, 3.63) is 231 Å².